The summed E-state index contributed by atoms with van der Waals surface area (Å²) in [5, 5.41) is 0.695. The average Bonchev–Trinajstić information content (AvgIpc) is 3.18. The van der Waals surface area contributed by atoms with Crippen LogP contribution in [0.25, 0.3) is 11.2 Å². The van der Waals surface area contributed by atoms with E-state index < -0.39 is 5.97 Å². The Labute approximate surface area is 139 Å². The third kappa shape index (κ3) is 2.81. The van der Waals surface area contributed by atoms with Gasteiger partial charge in [-0.25, -0.2) is 19.7 Å². The molecule has 3 rings (SSSR count). The number of imidazole rings is 1. The maximum atomic E-state index is 11.8. The lowest BCUT2D eigenvalue weighted by Crippen LogP contribution is -2.32. The van der Waals surface area contributed by atoms with E-state index in [4.69, 9.17) is 4.74 Å². The zero-order valence-electron chi connectivity index (χ0n) is 13.8. The van der Waals surface area contributed by atoms with Crippen LogP contribution in [0.15, 0.2) is 11.4 Å². The average molecular weight is 335 g/mol. The molecule has 23 heavy (non-hydrogen) atoms. The van der Waals surface area contributed by atoms with Gasteiger partial charge in [-0.2, -0.15) is 0 Å². The largest absolute Gasteiger partial charge is 0.463 e. The number of carbonyl (C=O) groups is 1. The predicted octanol–water partition coefficient (Wildman–Crippen LogP) is 1.99. The number of esters is 1. The fourth-order valence-corrected chi connectivity index (χ4v) is 3.76. The molecule has 0 amide bonds. The normalized spacial score (nSPS) is 20.1. The Bertz CT molecular complexity index is 732. The molecular weight excluding hydrogens is 314 g/mol. The van der Waals surface area contributed by atoms with Crippen molar-refractivity contribution in [2.75, 3.05) is 27.0 Å². The first-order chi connectivity index (χ1) is 11.1. The van der Waals surface area contributed by atoms with Crippen LogP contribution in [0.4, 0.5) is 0 Å². The van der Waals surface area contributed by atoms with Crippen LogP contribution in [0.1, 0.15) is 36.4 Å². The van der Waals surface area contributed by atoms with Gasteiger partial charge in [0.1, 0.15) is 10.5 Å². The maximum absolute atomic E-state index is 11.8. The minimum absolute atomic E-state index is 0.0816. The van der Waals surface area contributed by atoms with E-state index in [0.29, 0.717) is 16.7 Å². The SMILES string of the molecule is COC(=O)c1nc(SC)c2ncn([C@@H](C)[C@@H]3CCCN3C)c2n1. The van der Waals surface area contributed by atoms with E-state index in [1.807, 2.05) is 6.26 Å². The van der Waals surface area contributed by atoms with Crippen molar-refractivity contribution in [3.8, 4) is 0 Å². The molecule has 0 bridgehead atoms. The van der Waals surface area contributed by atoms with E-state index in [-0.39, 0.29) is 11.9 Å². The summed E-state index contributed by atoms with van der Waals surface area (Å²) in [4.78, 5) is 27.4. The zero-order chi connectivity index (χ0) is 16.6. The molecule has 0 saturated carbocycles. The Morgan fingerprint density at radius 1 is 1.48 bits per heavy atom. The summed E-state index contributed by atoms with van der Waals surface area (Å²) in [7, 11) is 3.48. The Morgan fingerprint density at radius 2 is 2.26 bits per heavy atom. The van der Waals surface area contributed by atoms with Gasteiger partial charge < -0.3 is 14.2 Å². The lowest BCUT2D eigenvalue weighted by atomic mass is 10.1. The molecule has 2 atom stereocenters. The minimum Gasteiger partial charge on any atom is -0.463 e. The van der Waals surface area contributed by atoms with Gasteiger partial charge in [-0.3, -0.25) is 0 Å². The molecule has 0 spiro atoms. The van der Waals surface area contributed by atoms with Gasteiger partial charge in [-0.15, -0.1) is 11.8 Å². The van der Waals surface area contributed by atoms with Crippen molar-refractivity contribution in [2.45, 2.75) is 36.9 Å². The summed E-state index contributed by atoms with van der Waals surface area (Å²) in [5.74, 6) is -0.446. The highest BCUT2D eigenvalue weighted by molar-refractivity contribution is 7.98. The molecule has 2 aromatic heterocycles. The first-order valence-corrected chi connectivity index (χ1v) is 8.86. The highest BCUT2D eigenvalue weighted by atomic mass is 32.2. The molecule has 0 radical (unpaired) electrons. The van der Waals surface area contributed by atoms with Crippen LogP contribution in [0, 0.1) is 0 Å². The third-order valence-electron chi connectivity index (χ3n) is 4.52. The molecule has 0 unspecified atom stereocenters. The third-order valence-corrected chi connectivity index (χ3v) is 5.19. The van der Waals surface area contributed by atoms with Crippen molar-refractivity contribution in [1.29, 1.82) is 0 Å². The Hall–Kier alpha value is -1.67. The number of ether oxygens (including phenoxy) is 1. The van der Waals surface area contributed by atoms with Crippen LogP contribution >= 0.6 is 11.8 Å². The molecule has 7 nitrogen and oxygen atoms in total. The molecule has 0 aromatic carbocycles. The van der Waals surface area contributed by atoms with Crippen LogP contribution < -0.4 is 0 Å². The smallest absolute Gasteiger partial charge is 0.376 e. The number of rotatable bonds is 4. The van der Waals surface area contributed by atoms with Gasteiger partial charge in [-0.05, 0) is 39.6 Å². The van der Waals surface area contributed by atoms with E-state index in [1.165, 1.54) is 25.3 Å². The van der Waals surface area contributed by atoms with E-state index in [0.717, 1.165) is 18.5 Å². The number of hydrogen-bond acceptors (Lipinski definition) is 7. The molecule has 1 fully saturated rings. The van der Waals surface area contributed by atoms with E-state index >= 15 is 0 Å². The van der Waals surface area contributed by atoms with Crippen LogP contribution in [0.5, 0.6) is 0 Å². The molecule has 8 heteroatoms. The summed E-state index contributed by atoms with van der Waals surface area (Å²) in [6, 6.07) is 0.671. The Morgan fingerprint density at radius 3 is 2.87 bits per heavy atom. The van der Waals surface area contributed by atoms with Gasteiger partial charge in [0, 0.05) is 12.1 Å². The number of thioether (sulfide) groups is 1. The van der Waals surface area contributed by atoms with Crippen LogP contribution in [-0.4, -0.2) is 63.4 Å². The number of likely N-dealkylation sites (tertiary alicyclic amines) is 1. The quantitative estimate of drug-likeness (QED) is 0.480. The van der Waals surface area contributed by atoms with Gasteiger partial charge in [-0.1, -0.05) is 0 Å². The number of aromatic nitrogens is 4. The molecule has 3 heterocycles. The first kappa shape index (κ1) is 16.2. The minimum atomic E-state index is -0.527. The molecule has 0 aliphatic carbocycles. The lowest BCUT2D eigenvalue weighted by molar-refractivity contribution is 0.0586. The Kier molecular flexibility index (Phi) is 4.54. The van der Waals surface area contributed by atoms with Crippen molar-refractivity contribution in [3.63, 3.8) is 0 Å². The molecule has 2 aromatic rings. The summed E-state index contributed by atoms with van der Waals surface area (Å²) < 4.78 is 6.82. The summed E-state index contributed by atoms with van der Waals surface area (Å²) in [6.45, 7) is 3.28. The summed E-state index contributed by atoms with van der Waals surface area (Å²) in [6.07, 6.45) is 6.07. The first-order valence-electron chi connectivity index (χ1n) is 7.64. The topological polar surface area (TPSA) is 73.1 Å². The monoisotopic (exact) mass is 335 g/mol. The van der Waals surface area contributed by atoms with Crippen molar-refractivity contribution in [2.24, 2.45) is 0 Å². The summed E-state index contributed by atoms with van der Waals surface area (Å²) >= 11 is 1.45. The summed E-state index contributed by atoms with van der Waals surface area (Å²) in [5.41, 5.74) is 1.43. The second-order valence-corrected chi connectivity index (χ2v) is 6.60. The van der Waals surface area contributed by atoms with Crippen molar-refractivity contribution < 1.29 is 9.53 Å². The molecule has 0 N–H and O–H groups in total. The molecule has 1 aliphatic rings. The number of methoxy groups -OCH3 is 1. The number of hydrogen-bond donors (Lipinski definition) is 0. The number of likely N-dealkylation sites (N-methyl/N-ethyl adjacent to an activating group) is 1. The highest BCUT2D eigenvalue weighted by Gasteiger charge is 2.29. The van der Waals surface area contributed by atoms with Gasteiger partial charge in [0.15, 0.2) is 5.65 Å². The van der Waals surface area contributed by atoms with Crippen LogP contribution in [0.2, 0.25) is 0 Å². The fraction of sp³-hybridized carbons (Fsp3) is 0.600. The maximum Gasteiger partial charge on any atom is 0.376 e. The second kappa shape index (κ2) is 6.45. The second-order valence-electron chi connectivity index (χ2n) is 5.80. The molecule has 1 aliphatic heterocycles. The lowest BCUT2D eigenvalue weighted by Gasteiger charge is -2.27. The number of fused-ring (bicyclic) bond motifs is 1. The van der Waals surface area contributed by atoms with Crippen molar-refractivity contribution in [1.82, 2.24) is 24.4 Å². The van der Waals surface area contributed by atoms with Crippen LogP contribution in [0.3, 0.4) is 0 Å². The number of nitrogens with zero attached hydrogens (tertiary/aromatic N) is 5. The van der Waals surface area contributed by atoms with E-state index in [2.05, 4.69) is 38.4 Å². The van der Waals surface area contributed by atoms with Gasteiger partial charge in [0.2, 0.25) is 5.82 Å². The van der Waals surface area contributed by atoms with Crippen LogP contribution in [-0.2, 0) is 4.74 Å². The molecule has 124 valence electrons. The zero-order valence-corrected chi connectivity index (χ0v) is 14.6. The highest BCUT2D eigenvalue weighted by Crippen LogP contribution is 2.30. The van der Waals surface area contributed by atoms with Gasteiger partial charge >= 0.3 is 5.97 Å². The van der Waals surface area contributed by atoms with E-state index in [1.54, 1.807) is 6.33 Å². The standard InChI is InChI=1S/C15H21N5O2S/c1-9(10-6-5-7-19(10)2)20-8-16-11-13(20)17-12(15(21)22-3)18-14(11)23-4/h8-10H,5-7H2,1-4H3/t9-,10-/m0/s1. The predicted molar refractivity (Wildman–Crippen MR) is 88.8 cm³/mol. The van der Waals surface area contributed by atoms with Gasteiger partial charge in [0.05, 0.1) is 13.4 Å². The number of carbonyl (C=O) groups excluding carboxylic acids is 1. The van der Waals surface area contributed by atoms with Crippen molar-refractivity contribution >= 4 is 28.9 Å². The van der Waals surface area contributed by atoms with Gasteiger partial charge in [0.25, 0.3) is 0 Å². The van der Waals surface area contributed by atoms with Crippen molar-refractivity contribution in [3.05, 3.63) is 12.2 Å². The Balaban J connectivity index is 2.09. The van der Waals surface area contributed by atoms with E-state index in [9.17, 15) is 4.79 Å². The molecular formula is C15H21N5O2S. The molecule has 1 saturated heterocycles. The fourth-order valence-electron chi connectivity index (χ4n) is 3.24.